The Labute approximate surface area is 172 Å². The smallest absolute Gasteiger partial charge is 0.150 e. The zero-order valence-corrected chi connectivity index (χ0v) is 17.0. The van der Waals surface area contributed by atoms with Gasteiger partial charge in [0.05, 0.1) is 23.3 Å². The molecule has 2 aromatic heterocycles. The Morgan fingerprint density at radius 1 is 1.11 bits per heavy atom. The van der Waals surface area contributed by atoms with E-state index in [0.29, 0.717) is 43.1 Å². The van der Waals surface area contributed by atoms with E-state index >= 15 is 0 Å². The normalized spacial score (nSPS) is 11.1. The quantitative estimate of drug-likeness (QED) is 0.332. The number of hydrogen-bond acceptors (Lipinski definition) is 3. The molecule has 0 fully saturated rings. The van der Waals surface area contributed by atoms with E-state index in [0.717, 1.165) is 0 Å². The molecule has 0 atom stereocenters. The minimum Gasteiger partial charge on any atom is -0.497 e. The van der Waals surface area contributed by atoms with Gasteiger partial charge in [0.15, 0.2) is 5.82 Å². The maximum Gasteiger partial charge on any atom is 0.150 e. The van der Waals surface area contributed by atoms with Crippen molar-refractivity contribution in [3.8, 4) is 22.6 Å². The highest BCUT2D eigenvalue weighted by atomic mass is 79.9. The summed E-state index contributed by atoms with van der Waals surface area (Å²) in [6.07, 6.45) is 3.11. The van der Waals surface area contributed by atoms with E-state index in [1.165, 1.54) is 6.07 Å². The molecule has 4 rings (SSSR count). The number of fused-ring (bicyclic) bond motifs is 1. The van der Waals surface area contributed by atoms with Crippen molar-refractivity contribution in [2.24, 2.45) is 0 Å². The molecule has 0 saturated heterocycles. The molecule has 4 nitrogen and oxygen atoms in total. The van der Waals surface area contributed by atoms with Crippen LogP contribution in [-0.4, -0.2) is 21.6 Å². The van der Waals surface area contributed by atoms with Crippen molar-refractivity contribution in [3.05, 3.63) is 69.4 Å². The van der Waals surface area contributed by atoms with Gasteiger partial charge in [-0.25, -0.2) is 14.4 Å². The summed E-state index contributed by atoms with van der Waals surface area (Å²) in [5.41, 5.74) is 2.71. The van der Waals surface area contributed by atoms with Crippen LogP contribution >= 0.6 is 39.1 Å². The second kappa shape index (κ2) is 7.11. The van der Waals surface area contributed by atoms with Crippen molar-refractivity contribution in [2.75, 3.05) is 7.11 Å². The highest BCUT2D eigenvalue weighted by molar-refractivity contribution is 9.10. The first kappa shape index (κ1) is 18.2. The zero-order valence-electron chi connectivity index (χ0n) is 13.9. The van der Waals surface area contributed by atoms with Gasteiger partial charge in [-0.15, -0.1) is 0 Å². The van der Waals surface area contributed by atoms with Crippen LogP contribution in [-0.2, 0) is 0 Å². The molecule has 0 saturated carbocycles. The SMILES string of the molecule is COc1ccc(-c2c(-n3cnc4cc(Br)cc(F)c43)ccnc2Cl)c(Cl)c1. The molecule has 0 radical (unpaired) electrons. The van der Waals surface area contributed by atoms with Crippen molar-refractivity contribution >= 4 is 50.2 Å². The third kappa shape index (κ3) is 3.18. The van der Waals surface area contributed by atoms with E-state index in [9.17, 15) is 4.39 Å². The van der Waals surface area contributed by atoms with Crippen LogP contribution in [0, 0.1) is 5.82 Å². The summed E-state index contributed by atoms with van der Waals surface area (Å²) in [6, 6.07) is 10.1. The Balaban J connectivity index is 2.01. The number of ether oxygens (including phenoxy) is 1. The Bertz CT molecular complexity index is 1180. The molecule has 0 N–H and O–H groups in total. The van der Waals surface area contributed by atoms with Gasteiger partial charge in [0.25, 0.3) is 0 Å². The number of rotatable bonds is 3. The average Bonchev–Trinajstić information content (AvgIpc) is 3.06. The summed E-state index contributed by atoms with van der Waals surface area (Å²) in [5.74, 6) is 0.214. The molecule has 0 unspecified atom stereocenters. The number of pyridine rings is 1. The maximum atomic E-state index is 14.7. The van der Waals surface area contributed by atoms with Gasteiger partial charge in [0.1, 0.15) is 22.7 Å². The van der Waals surface area contributed by atoms with Crippen LogP contribution in [0.15, 0.2) is 53.4 Å². The first-order valence-electron chi connectivity index (χ1n) is 7.80. The molecule has 0 aliphatic rings. The second-order valence-electron chi connectivity index (χ2n) is 5.71. The molecule has 27 heavy (non-hydrogen) atoms. The lowest BCUT2D eigenvalue weighted by Crippen LogP contribution is -1.99. The fraction of sp³-hybridized carbons (Fsp3) is 0.0526. The van der Waals surface area contributed by atoms with Gasteiger partial charge in [0, 0.05) is 21.8 Å². The molecular weight excluding hydrogens is 456 g/mol. The van der Waals surface area contributed by atoms with Crippen LogP contribution in [0.2, 0.25) is 10.2 Å². The van der Waals surface area contributed by atoms with Crippen molar-refractivity contribution in [2.45, 2.75) is 0 Å². The molecule has 136 valence electrons. The number of nitrogens with zero attached hydrogens (tertiary/aromatic N) is 3. The Kier molecular flexibility index (Phi) is 4.80. The first-order chi connectivity index (χ1) is 13.0. The van der Waals surface area contributed by atoms with E-state index in [1.54, 1.807) is 54.5 Å². The van der Waals surface area contributed by atoms with Crippen LogP contribution < -0.4 is 4.74 Å². The van der Waals surface area contributed by atoms with Gasteiger partial charge >= 0.3 is 0 Å². The number of hydrogen-bond donors (Lipinski definition) is 0. The molecule has 0 bridgehead atoms. The van der Waals surface area contributed by atoms with Gasteiger partial charge < -0.3 is 4.74 Å². The number of aromatic nitrogens is 3. The molecule has 2 aromatic carbocycles. The van der Waals surface area contributed by atoms with Crippen LogP contribution in [0.5, 0.6) is 5.75 Å². The van der Waals surface area contributed by atoms with E-state index in [1.807, 2.05) is 0 Å². The predicted octanol–water partition coefficient (Wildman–Crippen LogP) is 6.30. The monoisotopic (exact) mass is 465 g/mol. The lowest BCUT2D eigenvalue weighted by atomic mass is 10.1. The fourth-order valence-corrected chi connectivity index (χ4v) is 3.89. The standard InChI is InChI=1S/C19H11BrCl2FN3O/c1-27-11-2-3-12(13(21)8-11)17-16(4-5-24-19(17)22)26-9-25-15-7-10(20)6-14(23)18(15)26/h2-9H,1H3. The molecule has 8 heteroatoms. The Hall–Kier alpha value is -2.15. The average molecular weight is 467 g/mol. The maximum absolute atomic E-state index is 14.7. The third-order valence-electron chi connectivity index (χ3n) is 4.15. The summed E-state index contributed by atoms with van der Waals surface area (Å²) in [6.45, 7) is 0. The van der Waals surface area contributed by atoms with Crippen LogP contribution in [0.1, 0.15) is 0 Å². The van der Waals surface area contributed by atoms with Crippen molar-refractivity contribution in [3.63, 3.8) is 0 Å². The molecule has 0 spiro atoms. The van der Waals surface area contributed by atoms with Crippen LogP contribution in [0.25, 0.3) is 27.8 Å². The van der Waals surface area contributed by atoms with Gasteiger partial charge in [-0.3, -0.25) is 4.57 Å². The molecule has 0 aliphatic heterocycles. The molecule has 0 amide bonds. The first-order valence-corrected chi connectivity index (χ1v) is 9.35. The lowest BCUT2D eigenvalue weighted by molar-refractivity contribution is 0.415. The Morgan fingerprint density at radius 2 is 1.93 bits per heavy atom. The number of halogens is 4. The van der Waals surface area contributed by atoms with E-state index in [2.05, 4.69) is 25.9 Å². The summed E-state index contributed by atoms with van der Waals surface area (Å²) < 4.78 is 22.1. The van der Waals surface area contributed by atoms with Gasteiger partial charge in [-0.05, 0) is 36.4 Å². The number of benzene rings is 2. The van der Waals surface area contributed by atoms with Crippen molar-refractivity contribution in [1.29, 1.82) is 0 Å². The zero-order chi connectivity index (χ0) is 19.1. The third-order valence-corrected chi connectivity index (χ3v) is 5.21. The lowest BCUT2D eigenvalue weighted by Gasteiger charge is -2.15. The van der Waals surface area contributed by atoms with Crippen LogP contribution in [0.3, 0.4) is 0 Å². The number of imidazole rings is 1. The van der Waals surface area contributed by atoms with E-state index in [-0.39, 0.29) is 5.15 Å². The van der Waals surface area contributed by atoms with E-state index < -0.39 is 5.82 Å². The highest BCUT2D eigenvalue weighted by Crippen LogP contribution is 2.39. The summed E-state index contributed by atoms with van der Waals surface area (Å²) in [7, 11) is 1.56. The predicted molar refractivity (Wildman–Crippen MR) is 109 cm³/mol. The molecule has 4 aromatic rings. The second-order valence-corrected chi connectivity index (χ2v) is 7.39. The highest BCUT2D eigenvalue weighted by Gasteiger charge is 2.19. The number of methoxy groups -OCH3 is 1. The summed E-state index contributed by atoms with van der Waals surface area (Å²) >= 11 is 16.1. The van der Waals surface area contributed by atoms with Crippen molar-refractivity contribution < 1.29 is 9.13 Å². The largest absolute Gasteiger partial charge is 0.497 e. The minimum absolute atomic E-state index is 0.249. The molecular formula is C19H11BrCl2FN3O. The fourth-order valence-electron chi connectivity index (χ4n) is 2.95. The van der Waals surface area contributed by atoms with Gasteiger partial charge in [-0.1, -0.05) is 39.1 Å². The minimum atomic E-state index is -0.406. The molecule has 2 heterocycles. The summed E-state index contributed by atoms with van der Waals surface area (Å²) in [5, 5.41) is 0.692. The Morgan fingerprint density at radius 3 is 2.67 bits per heavy atom. The molecule has 0 aliphatic carbocycles. The van der Waals surface area contributed by atoms with Crippen molar-refractivity contribution in [1.82, 2.24) is 14.5 Å². The van der Waals surface area contributed by atoms with Crippen LogP contribution in [0.4, 0.5) is 4.39 Å². The summed E-state index contributed by atoms with van der Waals surface area (Å²) in [4.78, 5) is 8.47. The van der Waals surface area contributed by atoms with Gasteiger partial charge in [0.2, 0.25) is 0 Å². The van der Waals surface area contributed by atoms with E-state index in [4.69, 9.17) is 27.9 Å². The topological polar surface area (TPSA) is 39.9 Å². The van der Waals surface area contributed by atoms with Gasteiger partial charge in [-0.2, -0.15) is 0 Å².